The van der Waals surface area contributed by atoms with Crippen LogP contribution in [0.2, 0.25) is 0 Å². The molecular weight excluding hydrogens is 280 g/mol. The quantitative estimate of drug-likeness (QED) is 0.857. The normalized spacial score (nSPS) is 14.3. The second-order valence-corrected chi connectivity index (χ2v) is 5.23. The molecule has 114 valence electrons. The summed E-state index contributed by atoms with van der Waals surface area (Å²) < 4.78 is 5.62. The summed E-state index contributed by atoms with van der Waals surface area (Å²) in [6, 6.07) is 14.1. The zero-order valence-corrected chi connectivity index (χ0v) is 12.3. The van der Waals surface area contributed by atoms with Crippen LogP contribution in [0.15, 0.2) is 48.5 Å². The minimum Gasteiger partial charge on any atom is -0.508 e. The first kappa shape index (κ1) is 14.3. The van der Waals surface area contributed by atoms with Gasteiger partial charge in [-0.1, -0.05) is 18.2 Å². The molecule has 0 saturated heterocycles. The van der Waals surface area contributed by atoms with Gasteiger partial charge in [-0.3, -0.25) is 4.90 Å². The van der Waals surface area contributed by atoms with Crippen LogP contribution in [0.5, 0.6) is 11.5 Å². The number of hydrogen-bond donors (Lipinski definition) is 2. The Morgan fingerprint density at radius 1 is 1.23 bits per heavy atom. The molecule has 0 fully saturated rings. The average Bonchev–Trinajstić information content (AvgIpc) is 2.93. The number of urea groups is 1. The first-order chi connectivity index (χ1) is 10.6. The minimum absolute atomic E-state index is 0.170. The summed E-state index contributed by atoms with van der Waals surface area (Å²) in [5.74, 6) is 0.769. The van der Waals surface area contributed by atoms with E-state index in [-0.39, 0.29) is 11.8 Å². The molecule has 1 atom stereocenters. The van der Waals surface area contributed by atoms with E-state index in [1.807, 2.05) is 24.3 Å². The second kappa shape index (κ2) is 5.97. The molecule has 0 radical (unpaired) electrons. The first-order valence-electron chi connectivity index (χ1n) is 7.25. The number of phenolic OH excluding ortho intramolecular Hbond substituents is 1. The van der Waals surface area contributed by atoms with E-state index in [2.05, 4.69) is 5.32 Å². The number of aromatic hydroxyl groups is 1. The van der Waals surface area contributed by atoms with Gasteiger partial charge in [0.1, 0.15) is 11.5 Å². The molecule has 1 aliphatic heterocycles. The first-order valence-corrected chi connectivity index (χ1v) is 7.25. The second-order valence-electron chi connectivity index (χ2n) is 5.23. The number of ether oxygens (including phenoxy) is 1. The molecule has 0 bridgehead atoms. The maximum Gasteiger partial charge on any atom is 0.324 e. The van der Waals surface area contributed by atoms with Gasteiger partial charge in [0.15, 0.2) is 6.23 Å². The van der Waals surface area contributed by atoms with Crippen molar-refractivity contribution in [1.82, 2.24) is 5.32 Å². The van der Waals surface area contributed by atoms with Crippen molar-refractivity contribution in [2.75, 3.05) is 11.4 Å². The van der Waals surface area contributed by atoms with E-state index < -0.39 is 6.23 Å². The Bertz CT molecular complexity index is 670. The highest BCUT2D eigenvalue weighted by Gasteiger charge is 2.25. The number of amides is 2. The number of benzene rings is 2. The molecule has 0 spiro atoms. The summed E-state index contributed by atoms with van der Waals surface area (Å²) in [6.07, 6.45) is 0.404. The van der Waals surface area contributed by atoms with Crippen LogP contribution in [0, 0.1) is 0 Å². The smallest absolute Gasteiger partial charge is 0.324 e. The van der Waals surface area contributed by atoms with Crippen molar-refractivity contribution in [3.63, 3.8) is 0 Å². The van der Waals surface area contributed by atoms with Crippen LogP contribution in [0.1, 0.15) is 12.5 Å². The Hall–Kier alpha value is -2.69. The number of phenols is 1. The van der Waals surface area contributed by atoms with Crippen molar-refractivity contribution >= 4 is 11.7 Å². The fraction of sp³-hybridized carbons (Fsp3) is 0.235. The molecule has 2 aromatic carbocycles. The lowest BCUT2D eigenvalue weighted by Gasteiger charge is -2.22. The fourth-order valence-electron chi connectivity index (χ4n) is 2.56. The standard InChI is InChI=1S/C17H18N2O3/c1-12(22-15-8-6-14(20)7-9-15)18-17(21)19-11-10-13-4-2-3-5-16(13)19/h2-9,12,20H,10-11H2,1H3,(H,18,21). The molecule has 2 N–H and O–H groups in total. The maximum atomic E-state index is 12.4. The van der Waals surface area contributed by atoms with Gasteiger partial charge in [0, 0.05) is 12.2 Å². The van der Waals surface area contributed by atoms with Crippen LogP contribution in [-0.4, -0.2) is 23.9 Å². The number of para-hydroxylation sites is 1. The number of anilines is 1. The largest absolute Gasteiger partial charge is 0.508 e. The number of nitrogens with zero attached hydrogens (tertiary/aromatic N) is 1. The van der Waals surface area contributed by atoms with Crippen molar-refractivity contribution in [2.45, 2.75) is 19.6 Å². The van der Waals surface area contributed by atoms with E-state index >= 15 is 0 Å². The molecule has 5 nitrogen and oxygen atoms in total. The number of hydrogen-bond acceptors (Lipinski definition) is 3. The van der Waals surface area contributed by atoms with Gasteiger partial charge in [-0.15, -0.1) is 0 Å². The van der Waals surface area contributed by atoms with Crippen LogP contribution in [0.3, 0.4) is 0 Å². The lowest BCUT2D eigenvalue weighted by Crippen LogP contribution is -2.45. The molecule has 5 heteroatoms. The topological polar surface area (TPSA) is 61.8 Å². The maximum absolute atomic E-state index is 12.4. The predicted octanol–water partition coefficient (Wildman–Crippen LogP) is 2.89. The highest BCUT2D eigenvalue weighted by molar-refractivity contribution is 5.94. The van der Waals surface area contributed by atoms with Crippen molar-refractivity contribution in [3.05, 3.63) is 54.1 Å². The number of rotatable bonds is 3. The van der Waals surface area contributed by atoms with E-state index in [0.29, 0.717) is 12.3 Å². The van der Waals surface area contributed by atoms with Gasteiger partial charge in [0.2, 0.25) is 0 Å². The van der Waals surface area contributed by atoms with Crippen LogP contribution < -0.4 is 15.0 Å². The van der Waals surface area contributed by atoms with Gasteiger partial charge in [0.05, 0.1) is 0 Å². The summed E-state index contributed by atoms with van der Waals surface area (Å²) in [7, 11) is 0. The number of fused-ring (bicyclic) bond motifs is 1. The third-order valence-electron chi connectivity index (χ3n) is 3.61. The number of nitrogens with one attached hydrogen (secondary N) is 1. The van der Waals surface area contributed by atoms with Gasteiger partial charge < -0.3 is 15.2 Å². The molecule has 0 aromatic heterocycles. The van der Waals surface area contributed by atoms with E-state index in [0.717, 1.165) is 12.1 Å². The summed E-state index contributed by atoms with van der Waals surface area (Å²) in [5.41, 5.74) is 2.14. The van der Waals surface area contributed by atoms with Gasteiger partial charge >= 0.3 is 6.03 Å². The van der Waals surface area contributed by atoms with E-state index in [1.165, 1.54) is 5.56 Å². The lowest BCUT2D eigenvalue weighted by molar-refractivity contribution is 0.180. The molecule has 1 unspecified atom stereocenters. The zero-order valence-electron chi connectivity index (χ0n) is 12.3. The minimum atomic E-state index is -0.468. The third-order valence-corrected chi connectivity index (χ3v) is 3.61. The average molecular weight is 298 g/mol. The predicted molar refractivity (Wildman–Crippen MR) is 84.2 cm³/mol. The van der Waals surface area contributed by atoms with Gasteiger partial charge in [-0.25, -0.2) is 4.79 Å². The number of carbonyl (C=O) groups is 1. The van der Waals surface area contributed by atoms with Gasteiger partial charge in [-0.05, 0) is 49.2 Å². The Morgan fingerprint density at radius 2 is 1.95 bits per heavy atom. The Labute approximate surface area is 129 Å². The SMILES string of the molecule is CC(NC(=O)N1CCc2ccccc21)Oc1ccc(O)cc1. The summed E-state index contributed by atoms with van der Waals surface area (Å²) >= 11 is 0. The molecule has 1 aliphatic rings. The Kier molecular flexibility index (Phi) is 3.87. The molecule has 2 amide bonds. The summed E-state index contributed by atoms with van der Waals surface area (Å²) in [5, 5.41) is 12.1. The molecule has 1 heterocycles. The highest BCUT2D eigenvalue weighted by atomic mass is 16.5. The number of carbonyl (C=O) groups excluding carboxylic acids is 1. The zero-order chi connectivity index (χ0) is 15.5. The van der Waals surface area contributed by atoms with E-state index in [1.54, 1.807) is 36.1 Å². The molecule has 3 rings (SSSR count). The lowest BCUT2D eigenvalue weighted by atomic mass is 10.2. The van der Waals surface area contributed by atoms with Crippen LogP contribution in [0.4, 0.5) is 10.5 Å². The third kappa shape index (κ3) is 2.98. The van der Waals surface area contributed by atoms with Gasteiger partial charge in [0.25, 0.3) is 0 Å². The van der Waals surface area contributed by atoms with Crippen LogP contribution >= 0.6 is 0 Å². The van der Waals surface area contributed by atoms with Crippen molar-refractivity contribution in [3.8, 4) is 11.5 Å². The van der Waals surface area contributed by atoms with Crippen LogP contribution in [-0.2, 0) is 6.42 Å². The molecule has 0 saturated carbocycles. The monoisotopic (exact) mass is 298 g/mol. The Morgan fingerprint density at radius 3 is 2.73 bits per heavy atom. The molecule has 2 aromatic rings. The fourth-order valence-corrected chi connectivity index (χ4v) is 2.56. The van der Waals surface area contributed by atoms with Crippen molar-refractivity contribution < 1.29 is 14.6 Å². The van der Waals surface area contributed by atoms with E-state index in [9.17, 15) is 9.90 Å². The Balaban J connectivity index is 1.61. The van der Waals surface area contributed by atoms with Gasteiger partial charge in [-0.2, -0.15) is 0 Å². The molecule has 0 aliphatic carbocycles. The summed E-state index contributed by atoms with van der Waals surface area (Å²) in [6.45, 7) is 2.45. The molecule has 22 heavy (non-hydrogen) atoms. The van der Waals surface area contributed by atoms with E-state index in [4.69, 9.17) is 4.74 Å². The van der Waals surface area contributed by atoms with Crippen molar-refractivity contribution in [1.29, 1.82) is 0 Å². The molecular formula is C17H18N2O3. The summed E-state index contributed by atoms with van der Waals surface area (Å²) in [4.78, 5) is 14.1. The van der Waals surface area contributed by atoms with Crippen molar-refractivity contribution in [2.24, 2.45) is 0 Å². The highest BCUT2D eigenvalue weighted by Crippen LogP contribution is 2.27. The van der Waals surface area contributed by atoms with Crippen LogP contribution in [0.25, 0.3) is 0 Å².